The van der Waals surface area contributed by atoms with Crippen molar-refractivity contribution in [2.75, 3.05) is 13.1 Å². The van der Waals surface area contributed by atoms with Crippen molar-refractivity contribution in [2.24, 2.45) is 0 Å². The smallest absolute Gasteiger partial charge is 0.257 e. The molecule has 0 radical (unpaired) electrons. The molecule has 7 heteroatoms. The number of rotatable bonds is 7. The molecule has 27 heavy (non-hydrogen) atoms. The van der Waals surface area contributed by atoms with Gasteiger partial charge in [-0.2, -0.15) is 5.10 Å². The van der Waals surface area contributed by atoms with Crippen LogP contribution in [0, 0.1) is 13.8 Å². The summed E-state index contributed by atoms with van der Waals surface area (Å²) >= 11 is 1.62. The maximum absolute atomic E-state index is 12.8. The molecule has 0 saturated heterocycles. The van der Waals surface area contributed by atoms with Crippen LogP contribution in [0.5, 0.6) is 0 Å². The molecule has 138 valence electrons. The van der Waals surface area contributed by atoms with Gasteiger partial charge in [-0.15, -0.1) is 24.5 Å². The van der Waals surface area contributed by atoms with Gasteiger partial charge in [0.05, 0.1) is 28.0 Å². The van der Waals surface area contributed by atoms with Crippen molar-refractivity contribution in [3.63, 3.8) is 0 Å². The van der Waals surface area contributed by atoms with E-state index in [2.05, 4.69) is 28.2 Å². The van der Waals surface area contributed by atoms with E-state index >= 15 is 0 Å². The summed E-state index contributed by atoms with van der Waals surface area (Å²) in [6.07, 6.45) is 6.72. The highest BCUT2D eigenvalue weighted by atomic mass is 32.1. The Morgan fingerprint density at radius 3 is 2.63 bits per heavy atom. The molecule has 1 amide bonds. The summed E-state index contributed by atoms with van der Waals surface area (Å²) in [7, 11) is 0. The van der Waals surface area contributed by atoms with Gasteiger partial charge in [0.15, 0.2) is 0 Å². The average Bonchev–Trinajstić information content (AvgIpc) is 3.31. The lowest BCUT2D eigenvalue weighted by Crippen LogP contribution is -2.31. The van der Waals surface area contributed by atoms with Crippen molar-refractivity contribution in [1.29, 1.82) is 0 Å². The fourth-order valence-electron chi connectivity index (χ4n) is 2.74. The zero-order valence-electron chi connectivity index (χ0n) is 15.4. The standard InChI is InChI=1S/C20H21N5OS/c1-5-9-24(10-6-2)19(26)16-13-22-25(15(16)4)20-21-12-14(3)18(23-20)17-8-7-11-27-17/h5-8,11-13H,1-2,9-10H2,3-4H3. The van der Waals surface area contributed by atoms with Gasteiger partial charge in [-0.3, -0.25) is 4.79 Å². The lowest BCUT2D eigenvalue weighted by molar-refractivity contribution is 0.0790. The summed E-state index contributed by atoms with van der Waals surface area (Å²) in [6.45, 7) is 12.1. The predicted octanol–water partition coefficient (Wildman–Crippen LogP) is 3.82. The number of hydrogen-bond donors (Lipinski definition) is 0. The number of thiophene rings is 1. The highest BCUT2D eigenvalue weighted by Gasteiger charge is 2.21. The highest BCUT2D eigenvalue weighted by Crippen LogP contribution is 2.26. The van der Waals surface area contributed by atoms with Crippen LogP contribution in [-0.2, 0) is 0 Å². The number of hydrogen-bond acceptors (Lipinski definition) is 5. The molecule has 0 saturated carbocycles. The Kier molecular flexibility index (Phi) is 5.61. The Hall–Kier alpha value is -3.06. The molecule has 0 bridgehead atoms. The summed E-state index contributed by atoms with van der Waals surface area (Å²) in [5, 5.41) is 6.37. The van der Waals surface area contributed by atoms with Crippen LogP contribution in [0.4, 0.5) is 0 Å². The van der Waals surface area contributed by atoms with Crippen molar-refractivity contribution < 1.29 is 4.79 Å². The van der Waals surface area contributed by atoms with E-state index in [1.54, 1.807) is 45.5 Å². The first-order valence-electron chi connectivity index (χ1n) is 8.50. The van der Waals surface area contributed by atoms with Crippen molar-refractivity contribution >= 4 is 17.2 Å². The van der Waals surface area contributed by atoms with Gasteiger partial charge in [0.1, 0.15) is 0 Å². The maximum atomic E-state index is 12.8. The summed E-state index contributed by atoms with van der Waals surface area (Å²) < 4.78 is 1.60. The fourth-order valence-corrected chi connectivity index (χ4v) is 3.52. The summed E-state index contributed by atoms with van der Waals surface area (Å²) in [4.78, 5) is 24.6. The Balaban J connectivity index is 1.98. The van der Waals surface area contributed by atoms with Gasteiger partial charge >= 0.3 is 0 Å². The SMILES string of the molecule is C=CCN(CC=C)C(=O)c1cnn(-c2ncc(C)c(-c3cccs3)n2)c1C. The zero-order chi connectivity index (χ0) is 19.4. The minimum atomic E-state index is -0.121. The third-order valence-corrected chi connectivity index (χ3v) is 5.01. The first-order chi connectivity index (χ1) is 13.1. The van der Waals surface area contributed by atoms with E-state index in [9.17, 15) is 4.79 Å². The van der Waals surface area contributed by atoms with Gasteiger partial charge in [0, 0.05) is 19.3 Å². The van der Waals surface area contributed by atoms with Crippen LogP contribution in [0.15, 0.2) is 55.2 Å². The first-order valence-corrected chi connectivity index (χ1v) is 9.38. The third-order valence-electron chi connectivity index (χ3n) is 4.13. The lowest BCUT2D eigenvalue weighted by Gasteiger charge is -2.18. The van der Waals surface area contributed by atoms with E-state index in [0.29, 0.717) is 30.3 Å². The van der Waals surface area contributed by atoms with Gasteiger partial charge in [0.25, 0.3) is 11.9 Å². The highest BCUT2D eigenvalue weighted by molar-refractivity contribution is 7.13. The first kappa shape index (κ1) is 18.7. The minimum Gasteiger partial charge on any atom is -0.331 e. The van der Waals surface area contributed by atoms with Crippen LogP contribution in [0.3, 0.4) is 0 Å². The zero-order valence-corrected chi connectivity index (χ0v) is 16.2. The number of aromatic nitrogens is 4. The molecule has 0 aromatic carbocycles. The second-order valence-corrected chi connectivity index (χ2v) is 6.97. The normalized spacial score (nSPS) is 10.6. The van der Waals surface area contributed by atoms with Crippen molar-refractivity contribution in [3.8, 4) is 16.5 Å². The Morgan fingerprint density at radius 1 is 1.26 bits per heavy atom. The van der Waals surface area contributed by atoms with Gasteiger partial charge in [-0.1, -0.05) is 18.2 Å². The topological polar surface area (TPSA) is 63.9 Å². The number of amides is 1. The average molecular weight is 379 g/mol. The van der Waals surface area contributed by atoms with Crippen LogP contribution < -0.4 is 0 Å². The molecular weight excluding hydrogens is 358 g/mol. The van der Waals surface area contributed by atoms with Gasteiger partial charge in [-0.05, 0) is 30.9 Å². The van der Waals surface area contributed by atoms with E-state index in [0.717, 1.165) is 16.1 Å². The molecule has 0 N–H and O–H groups in total. The van der Waals surface area contributed by atoms with E-state index in [4.69, 9.17) is 0 Å². The summed E-state index contributed by atoms with van der Waals surface area (Å²) in [5.74, 6) is 0.323. The molecule has 6 nitrogen and oxygen atoms in total. The van der Waals surface area contributed by atoms with Crippen molar-refractivity contribution in [1.82, 2.24) is 24.6 Å². The van der Waals surface area contributed by atoms with Gasteiger partial charge in [0.2, 0.25) is 0 Å². The van der Waals surface area contributed by atoms with Crippen LogP contribution in [0.25, 0.3) is 16.5 Å². The molecule has 3 aromatic rings. The van der Waals surface area contributed by atoms with Crippen LogP contribution in [0.1, 0.15) is 21.6 Å². The molecule has 0 fully saturated rings. The van der Waals surface area contributed by atoms with E-state index in [-0.39, 0.29) is 5.91 Å². The van der Waals surface area contributed by atoms with Crippen LogP contribution in [-0.4, -0.2) is 43.6 Å². The van der Waals surface area contributed by atoms with Crippen molar-refractivity contribution in [2.45, 2.75) is 13.8 Å². The molecule has 0 spiro atoms. The van der Waals surface area contributed by atoms with E-state index in [1.165, 1.54) is 0 Å². The van der Waals surface area contributed by atoms with Gasteiger partial charge < -0.3 is 4.90 Å². The molecular formula is C20H21N5OS. The second-order valence-electron chi connectivity index (χ2n) is 6.02. The summed E-state index contributed by atoms with van der Waals surface area (Å²) in [5.41, 5.74) is 3.07. The van der Waals surface area contributed by atoms with E-state index < -0.39 is 0 Å². The van der Waals surface area contributed by atoms with Crippen LogP contribution >= 0.6 is 11.3 Å². The third kappa shape index (κ3) is 3.73. The molecule has 3 aromatic heterocycles. The lowest BCUT2D eigenvalue weighted by atomic mass is 10.2. The summed E-state index contributed by atoms with van der Waals surface area (Å²) in [6, 6.07) is 4.02. The molecule has 0 aliphatic heterocycles. The predicted molar refractivity (Wildman–Crippen MR) is 108 cm³/mol. The Bertz CT molecular complexity index is 964. The number of aryl methyl sites for hydroxylation is 1. The van der Waals surface area contributed by atoms with Crippen LogP contribution in [0.2, 0.25) is 0 Å². The van der Waals surface area contributed by atoms with Crippen molar-refractivity contribution in [3.05, 3.63) is 72.0 Å². The molecule has 0 aliphatic carbocycles. The maximum Gasteiger partial charge on any atom is 0.257 e. The largest absolute Gasteiger partial charge is 0.331 e. The Labute approximate surface area is 162 Å². The fraction of sp³-hybridized carbons (Fsp3) is 0.200. The molecule has 0 aliphatic rings. The Morgan fingerprint density at radius 2 is 2.00 bits per heavy atom. The second kappa shape index (κ2) is 8.09. The molecule has 3 heterocycles. The number of carbonyl (C=O) groups excluding carboxylic acids is 1. The molecule has 0 unspecified atom stereocenters. The minimum absolute atomic E-state index is 0.121. The van der Waals surface area contributed by atoms with E-state index in [1.807, 2.05) is 31.4 Å². The quantitative estimate of drug-likeness (QED) is 0.586. The number of carbonyl (C=O) groups is 1. The van der Waals surface area contributed by atoms with Gasteiger partial charge in [-0.25, -0.2) is 14.6 Å². The molecule has 3 rings (SSSR count). The molecule has 0 atom stereocenters. The number of nitrogens with zero attached hydrogens (tertiary/aromatic N) is 5. The monoisotopic (exact) mass is 379 g/mol.